The van der Waals surface area contributed by atoms with Gasteiger partial charge in [0.05, 0.1) is 5.69 Å². The number of rotatable bonds is 2. The van der Waals surface area contributed by atoms with Crippen LogP contribution in [0.4, 0.5) is 5.69 Å². The van der Waals surface area contributed by atoms with Crippen molar-refractivity contribution < 1.29 is 0 Å². The number of hydrogen-bond acceptors (Lipinski definition) is 1. The van der Waals surface area contributed by atoms with Gasteiger partial charge in [-0.2, -0.15) is 0 Å². The summed E-state index contributed by atoms with van der Waals surface area (Å²) in [6.45, 7) is 41.7. The standard InChI is InChI=1S/C37H58NP/c1-32(2,3)24-19-26(34(7,8)9)30(27(20-24)35(10,11)12)38-23-39-31-28(36(13,14)15)21-25(33(4,5)6)22-29(31)37(16,17)18/h19-22H,1-18H3. The molecule has 2 aromatic carbocycles. The highest BCUT2D eigenvalue weighted by Crippen LogP contribution is 2.43. The molecule has 0 radical (unpaired) electrons. The highest BCUT2D eigenvalue weighted by molar-refractivity contribution is 7.46. The number of hydrogen-bond donors (Lipinski definition) is 0. The minimum Gasteiger partial charge on any atom is -0.201 e. The molecule has 0 unspecified atom stereocenters. The summed E-state index contributed by atoms with van der Waals surface area (Å²) >= 11 is 0. The third-order valence-corrected chi connectivity index (χ3v) is 8.41. The van der Waals surface area contributed by atoms with Gasteiger partial charge in [-0.3, -0.25) is 0 Å². The Bertz CT molecular complexity index is 1090. The molecule has 0 saturated heterocycles. The highest BCUT2D eigenvalue weighted by atomic mass is 31.1. The fourth-order valence-corrected chi connectivity index (χ4v) is 6.08. The molecular formula is C37H58NP. The second-order valence-electron chi connectivity index (χ2n) is 17.7. The molecule has 2 rings (SSSR count). The van der Waals surface area contributed by atoms with Crippen LogP contribution in [0, 0.1) is 0 Å². The van der Waals surface area contributed by atoms with Crippen LogP contribution < -0.4 is 5.30 Å². The van der Waals surface area contributed by atoms with Crippen LogP contribution in [-0.4, -0.2) is 5.59 Å². The van der Waals surface area contributed by atoms with E-state index in [0.717, 1.165) is 13.9 Å². The molecule has 0 aliphatic rings. The van der Waals surface area contributed by atoms with E-state index in [2.05, 4.69) is 154 Å². The molecule has 0 atom stereocenters. The monoisotopic (exact) mass is 547 g/mol. The second kappa shape index (κ2) is 10.6. The van der Waals surface area contributed by atoms with Crippen molar-refractivity contribution >= 4 is 24.8 Å². The van der Waals surface area contributed by atoms with E-state index >= 15 is 0 Å². The summed E-state index contributed by atoms with van der Waals surface area (Å²) in [7, 11) is 1.03. The molecule has 0 N–H and O–H groups in total. The Labute approximate surface area is 244 Å². The molecule has 0 saturated carbocycles. The molecular weight excluding hydrogens is 489 g/mol. The Balaban J connectivity index is 3.02. The van der Waals surface area contributed by atoms with Crippen LogP contribution in [-0.2, 0) is 32.5 Å². The van der Waals surface area contributed by atoms with E-state index in [1.54, 1.807) is 0 Å². The molecule has 2 aromatic rings. The molecule has 0 bridgehead atoms. The molecule has 0 amide bonds. The van der Waals surface area contributed by atoms with E-state index in [1.165, 1.54) is 38.7 Å². The van der Waals surface area contributed by atoms with Crippen LogP contribution in [0.1, 0.15) is 158 Å². The van der Waals surface area contributed by atoms with Gasteiger partial charge in [-0.25, -0.2) is 4.99 Å². The van der Waals surface area contributed by atoms with E-state index in [1.807, 2.05) is 0 Å². The normalized spacial score (nSPS) is 14.0. The smallest absolute Gasteiger partial charge is 0.0808 e. The summed E-state index contributed by atoms with van der Waals surface area (Å²) in [5, 5.41) is 1.35. The van der Waals surface area contributed by atoms with Crippen molar-refractivity contribution in [1.29, 1.82) is 0 Å². The maximum atomic E-state index is 5.21. The molecule has 0 aromatic heterocycles. The first kappa shape index (κ1) is 33.5. The minimum atomic E-state index is -0.0276. The molecule has 0 heterocycles. The molecule has 1 nitrogen and oxygen atoms in total. The molecule has 39 heavy (non-hydrogen) atoms. The lowest BCUT2D eigenvalue weighted by Gasteiger charge is -2.32. The van der Waals surface area contributed by atoms with E-state index in [0.29, 0.717) is 0 Å². The van der Waals surface area contributed by atoms with E-state index in [9.17, 15) is 0 Å². The highest BCUT2D eigenvalue weighted by Gasteiger charge is 2.30. The fourth-order valence-electron chi connectivity index (χ4n) is 4.79. The van der Waals surface area contributed by atoms with E-state index in [4.69, 9.17) is 4.99 Å². The average molecular weight is 548 g/mol. The summed E-state index contributed by atoms with van der Waals surface area (Å²) < 4.78 is 0. The third kappa shape index (κ3) is 8.18. The summed E-state index contributed by atoms with van der Waals surface area (Å²) in [6, 6.07) is 9.68. The van der Waals surface area contributed by atoms with E-state index in [-0.39, 0.29) is 32.5 Å². The Hall–Kier alpha value is -1.68. The van der Waals surface area contributed by atoms with Crippen LogP contribution in [0.3, 0.4) is 0 Å². The van der Waals surface area contributed by atoms with Crippen molar-refractivity contribution in [3.63, 3.8) is 0 Å². The predicted molar refractivity (Wildman–Crippen MR) is 179 cm³/mol. The number of nitrogens with zero attached hydrogens (tertiary/aromatic N) is 1. The zero-order valence-corrected chi connectivity index (χ0v) is 29.6. The lowest BCUT2D eigenvalue weighted by molar-refractivity contribution is 0.550. The van der Waals surface area contributed by atoms with Gasteiger partial charge in [-0.05, 0) is 65.9 Å². The predicted octanol–water partition coefficient (Wildman–Crippen LogP) is 11.3. The van der Waals surface area contributed by atoms with Crippen molar-refractivity contribution in [1.82, 2.24) is 0 Å². The zero-order valence-electron chi connectivity index (χ0n) is 28.7. The van der Waals surface area contributed by atoms with Crippen molar-refractivity contribution in [2.45, 2.75) is 157 Å². The SMILES string of the molecule is CC(C)(C)c1cc(C(C)(C)C)c(N=C=Pc2c(C(C)(C)C)cc(C(C)(C)C)cc2C(C)(C)C)c(C(C)(C)C)c1. The molecule has 0 aliphatic carbocycles. The van der Waals surface area contributed by atoms with Gasteiger partial charge >= 0.3 is 0 Å². The summed E-state index contributed by atoms with van der Waals surface area (Å²) in [6.07, 6.45) is 0. The average Bonchev–Trinajstić information content (AvgIpc) is 2.68. The summed E-state index contributed by atoms with van der Waals surface area (Å²) in [5.74, 6) is 0. The number of benzene rings is 2. The van der Waals surface area contributed by atoms with Crippen LogP contribution >= 0.6 is 8.20 Å². The second-order valence-corrected chi connectivity index (χ2v) is 18.5. The van der Waals surface area contributed by atoms with Crippen molar-refractivity contribution in [3.05, 3.63) is 57.6 Å². The quantitative estimate of drug-likeness (QED) is 0.262. The third-order valence-electron chi connectivity index (χ3n) is 7.51. The Kier molecular flexibility index (Phi) is 9.13. The van der Waals surface area contributed by atoms with Crippen LogP contribution in [0.5, 0.6) is 0 Å². The minimum absolute atomic E-state index is 0.0206. The van der Waals surface area contributed by atoms with Crippen LogP contribution in [0.2, 0.25) is 0 Å². The summed E-state index contributed by atoms with van der Waals surface area (Å²) in [5.41, 5.74) is 13.0. The molecule has 216 valence electrons. The largest absolute Gasteiger partial charge is 0.201 e. The molecule has 0 fully saturated rings. The van der Waals surface area contributed by atoms with Crippen molar-refractivity contribution in [2.75, 3.05) is 0 Å². The fraction of sp³-hybridized carbons (Fsp3) is 0.649. The van der Waals surface area contributed by atoms with Crippen molar-refractivity contribution in [2.24, 2.45) is 4.99 Å². The Morgan fingerprint density at radius 1 is 0.436 bits per heavy atom. The van der Waals surface area contributed by atoms with Gasteiger partial charge in [0.25, 0.3) is 0 Å². The van der Waals surface area contributed by atoms with Gasteiger partial charge in [0.2, 0.25) is 0 Å². The maximum Gasteiger partial charge on any atom is 0.0808 e. The summed E-state index contributed by atoms with van der Waals surface area (Å²) in [4.78, 5) is 5.21. The lowest BCUT2D eigenvalue weighted by Crippen LogP contribution is -2.29. The molecule has 0 aliphatic heterocycles. The zero-order chi connectivity index (χ0) is 30.6. The number of aliphatic imine (C=N–C) groups is 1. The lowest BCUT2D eigenvalue weighted by atomic mass is 9.74. The maximum absolute atomic E-state index is 5.21. The van der Waals surface area contributed by atoms with Gasteiger partial charge in [0.15, 0.2) is 0 Å². The molecule has 2 heteroatoms. The van der Waals surface area contributed by atoms with Gasteiger partial charge < -0.3 is 0 Å². The van der Waals surface area contributed by atoms with Gasteiger partial charge in [-0.15, -0.1) is 0 Å². The van der Waals surface area contributed by atoms with Crippen LogP contribution in [0.15, 0.2) is 29.3 Å². The van der Waals surface area contributed by atoms with Crippen molar-refractivity contribution in [3.8, 4) is 0 Å². The first-order valence-electron chi connectivity index (χ1n) is 14.7. The Morgan fingerprint density at radius 3 is 0.974 bits per heavy atom. The van der Waals surface area contributed by atoms with Crippen LogP contribution in [0.25, 0.3) is 0 Å². The van der Waals surface area contributed by atoms with Gasteiger partial charge in [0, 0.05) is 19.1 Å². The topological polar surface area (TPSA) is 12.4 Å². The van der Waals surface area contributed by atoms with E-state index < -0.39 is 0 Å². The first-order chi connectivity index (χ1) is 17.1. The first-order valence-corrected chi connectivity index (χ1v) is 15.6. The van der Waals surface area contributed by atoms with Gasteiger partial charge in [0.1, 0.15) is 0 Å². The molecule has 0 spiro atoms. The van der Waals surface area contributed by atoms with Gasteiger partial charge in [-0.1, -0.05) is 149 Å². The Morgan fingerprint density at radius 2 is 0.718 bits per heavy atom.